The third-order valence-electron chi connectivity index (χ3n) is 6.91. The molecule has 10 heteroatoms. The molecule has 0 bridgehead atoms. The van der Waals surface area contributed by atoms with E-state index in [1.807, 2.05) is 13.8 Å². The lowest BCUT2D eigenvalue weighted by Crippen LogP contribution is -2.40. The summed E-state index contributed by atoms with van der Waals surface area (Å²) in [6.45, 7) is 7.40. The quantitative estimate of drug-likeness (QED) is 0.578. The molecule has 1 saturated heterocycles. The lowest BCUT2D eigenvalue weighted by Gasteiger charge is -2.36. The molecule has 1 aromatic carbocycles. The summed E-state index contributed by atoms with van der Waals surface area (Å²) in [5.74, 6) is -0.836. The van der Waals surface area contributed by atoms with Crippen molar-refractivity contribution < 1.29 is 27.5 Å². The topological polar surface area (TPSA) is 117 Å². The van der Waals surface area contributed by atoms with Crippen molar-refractivity contribution in [2.45, 2.75) is 57.8 Å². The molecule has 0 aliphatic carbocycles. The molecule has 2 aromatic rings. The normalized spacial score (nSPS) is 17.5. The first-order chi connectivity index (χ1) is 16.7. The van der Waals surface area contributed by atoms with Crippen molar-refractivity contribution in [3.8, 4) is 5.69 Å². The highest BCUT2D eigenvalue weighted by atomic mass is 32.2. The van der Waals surface area contributed by atoms with Gasteiger partial charge in [-0.15, -0.1) is 0 Å². The zero-order chi connectivity index (χ0) is 25.2. The molecule has 4 rings (SSSR count). The second kappa shape index (κ2) is 10.1. The number of benzene rings is 1. The summed E-state index contributed by atoms with van der Waals surface area (Å²) in [7, 11) is -3.65. The average molecular weight is 504 g/mol. The number of carbonyl (C=O) groups is 2. The molecule has 2 aliphatic heterocycles. The van der Waals surface area contributed by atoms with Crippen LogP contribution in [0.1, 0.15) is 72.1 Å². The van der Waals surface area contributed by atoms with Crippen molar-refractivity contribution >= 4 is 21.7 Å². The smallest absolute Gasteiger partial charge is 0.338 e. The fraction of sp³-hybridized carbons (Fsp3) is 0.560. The molecule has 1 fully saturated rings. The van der Waals surface area contributed by atoms with E-state index in [4.69, 9.17) is 14.6 Å². The molecular weight excluding hydrogens is 470 g/mol. The van der Waals surface area contributed by atoms with Crippen molar-refractivity contribution in [2.75, 3.05) is 32.1 Å². The number of sulfone groups is 1. The lowest BCUT2D eigenvalue weighted by atomic mass is 9.76. The molecule has 3 heterocycles. The number of carbonyl (C=O) groups excluding carboxylic acids is 2. The summed E-state index contributed by atoms with van der Waals surface area (Å²) >= 11 is 0. The number of esters is 1. The molecule has 0 radical (unpaired) electrons. The molecule has 0 atom stereocenters. The van der Waals surface area contributed by atoms with Gasteiger partial charge in [-0.05, 0) is 55.7 Å². The van der Waals surface area contributed by atoms with Gasteiger partial charge < -0.3 is 14.8 Å². The van der Waals surface area contributed by atoms with Gasteiger partial charge >= 0.3 is 5.97 Å². The highest BCUT2D eigenvalue weighted by molar-refractivity contribution is 7.91. The highest BCUT2D eigenvalue weighted by Gasteiger charge is 2.40. The number of hydrogen-bond acceptors (Lipinski definition) is 7. The van der Waals surface area contributed by atoms with E-state index in [0.29, 0.717) is 56.0 Å². The Labute approximate surface area is 206 Å². The van der Waals surface area contributed by atoms with Gasteiger partial charge in [0.15, 0.2) is 9.84 Å². The van der Waals surface area contributed by atoms with Crippen LogP contribution in [0.5, 0.6) is 0 Å². The molecule has 1 aromatic heterocycles. The summed E-state index contributed by atoms with van der Waals surface area (Å²) in [6.07, 6.45) is 3.29. The minimum Gasteiger partial charge on any atom is -0.462 e. The lowest BCUT2D eigenvalue weighted by molar-refractivity contribution is 0.0154. The van der Waals surface area contributed by atoms with E-state index in [9.17, 15) is 18.0 Å². The fourth-order valence-corrected chi connectivity index (χ4v) is 5.86. The van der Waals surface area contributed by atoms with Crippen molar-refractivity contribution in [1.29, 1.82) is 0 Å². The van der Waals surface area contributed by atoms with Gasteiger partial charge in [-0.3, -0.25) is 4.79 Å². The third-order valence-corrected chi connectivity index (χ3v) is 8.69. The first kappa shape index (κ1) is 25.4. The van der Waals surface area contributed by atoms with Crippen LogP contribution < -0.4 is 5.32 Å². The van der Waals surface area contributed by atoms with E-state index < -0.39 is 15.8 Å². The Morgan fingerprint density at radius 2 is 1.97 bits per heavy atom. The Hall–Kier alpha value is -2.72. The summed E-state index contributed by atoms with van der Waals surface area (Å²) in [4.78, 5) is 25.9. The first-order valence-electron chi connectivity index (χ1n) is 12.3. The van der Waals surface area contributed by atoms with Crippen LogP contribution in [0.3, 0.4) is 0 Å². The SMILES string of the molecule is CCCOC(=O)c1ccc(S(=O)(=O)CC)c(-n2nc(CC)c3c2CC2(CCOCC2)CNC3=O)c1. The van der Waals surface area contributed by atoms with Gasteiger partial charge in [-0.1, -0.05) is 20.8 Å². The molecule has 1 N–H and O–H groups in total. The summed E-state index contributed by atoms with van der Waals surface area (Å²) in [5.41, 5.74) is 2.07. The molecule has 35 heavy (non-hydrogen) atoms. The Kier molecular flexibility index (Phi) is 7.32. The van der Waals surface area contributed by atoms with Crippen LogP contribution in [0.4, 0.5) is 0 Å². The zero-order valence-electron chi connectivity index (χ0n) is 20.6. The summed E-state index contributed by atoms with van der Waals surface area (Å²) in [6, 6.07) is 4.43. The van der Waals surface area contributed by atoms with E-state index in [1.165, 1.54) is 18.2 Å². The summed E-state index contributed by atoms with van der Waals surface area (Å²) in [5, 5.41) is 7.80. The predicted molar refractivity (Wildman–Crippen MR) is 130 cm³/mol. The largest absolute Gasteiger partial charge is 0.462 e. The van der Waals surface area contributed by atoms with Crippen LogP contribution in [0.15, 0.2) is 23.1 Å². The average Bonchev–Trinajstić information content (AvgIpc) is 3.17. The van der Waals surface area contributed by atoms with Crippen LogP contribution in [0.2, 0.25) is 0 Å². The van der Waals surface area contributed by atoms with Crippen LogP contribution >= 0.6 is 0 Å². The standard InChI is InChI=1S/C25H33N3O6S/c1-4-11-34-24(30)17-7-8-21(35(31,32)6-3)19(14-17)28-20-15-25(9-12-33-13-10-25)16-26-23(29)22(20)18(5-2)27-28/h7-8,14H,4-6,9-13,15-16H2,1-3H3,(H,26,29). The molecular formula is C25H33N3O6S. The monoisotopic (exact) mass is 503 g/mol. The molecule has 2 aliphatic rings. The number of nitrogens with one attached hydrogen (secondary N) is 1. The molecule has 1 spiro atoms. The minimum absolute atomic E-state index is 0.0747. The Morgan fingerprint density at radius 3 is 2.63 bits per heavy atom. The van der Waals surface area contributed by atoms with Crippen molar-refractivity contribution in [1.82, 2.24) is 15.1 Å². The maximum atomic E-state index is 13.2. The van der Waals surface area contributed by atoms with Gasteiger partial charge in [-0.2, -0.15) is 5.10 Å². The first-order valence-corrected chi connectivity index (χ1v) is 13.9. The minimum atomic E-state index is -3.65. The number of nitrogens with zero attached hydrogens (tertiary/aromatic N) is 2. The number of fused-ring (bicyclic) bond motifs is 1. The number of aryl methyl sites for hydroxylation is 1. The number of ether oxygens (including phenoxy) is 2. The van der Waals surface area contributed by atoms with E-state index in [1.54, 1.807) is 11.6 Å². The van der Waals surface area contributed by atoms with Gasteiger partial charge in [0.1, 0.15) is 0 Å². The van der Waals surface area contributed by atoms with Crippen LogP contribution in [0, 0.1) is 5.41 Å². The Bertz CT molecular complexity index is 1230. The van der Waals surface area contributed by atoms with Gasteiger partial charge in [0.25, 0.3) is 5.91 Å². The maximum absolute atomic E-state index is 13.2. The maximum Gasteiger partial charge on any atom is 0.338 e. The molecule has 1 amide bonds. The van der Waals surface area contributed by atoms with Crippen molar-refractivity contribution in [2.24, 2.45) is 5.41 Å². The zero-order valence-corrected chi connectivity index (χ0v) is 21.4. The van der Waals surface area contributed by atoms with Crippen molar-refractivity contribution in [3.63, 3.8) is 0 Å². The van der Waals surface area contributed by atoms with Gasteiger partial charge in [-0.25, -0.2) is 17.9 Å². The van der Waals surface area contributed by atoms with E-state index in [0.717, 1.165) is 12.8 Å². The Morgan fingerprint density at radius 1 is 1.23 bits per heavy atom. The summed E-state index contributed by atoms with van der Waals surface area (Å²) < 4.78 is 38.6. The number of hydrogen-bond donors (Lipinski definition) is 1. The molecule has 9 nitrogen and oxygen atoms in total. The number of aromatic nitrogens is 2. The van der Waals surface area contributed by atoms with Crippen LogP contribution in [-0.2, 0) is 32.2 Å². The third kappa shape index (κ3) is 4.86. The Balaban J connectivity index is 1.94. The fourth-order valence-electron chi connectivity index (χ4n) is 4.81. The second-order valence-electron chi connectivity index (χ2n) is 9.23. The molecule has 0 saturated carbocycles. The number of rotatable bonds is 7. The predicted octanol–water partition coefficient (Wildman–Crippen LogP) is 2.88. The van der Waals surface area contributed by atoms with E-state index in [-0.39, 0.29) is 39.8 Å². The van der Waals surface area contributed by atoms with Crippen LogP contribution in [-0.4, -0.2) is 62.2 Å². The second-order valence-corrected chi connectivity index (χ2v) is 11.5. The number of amides is 1. The highest BCUT2D eigenvalue weighted by Crippen LogP contribution is 2.38. The van der Waals surface area contributed by atoms with E-state index in [2.05, 4.69) is 5.32 Å². The molecule has 0 unspecified atom stereocenters. The van der Waals surface area contributed by atoms with Gasteiger partial charge in [0.05, 0.1) is 45.5 Å². The van der Waals surface area contributed by atoms with Gasteiger partial charge in [0, 0.05) is 19.8 Å². The van der Waals surface area contributed by atoms with E-state index >= 15 is 0 Å². The van der Waals surface area contributed by atoms with Crippen LogP contribution in [0.25, 0.3) is 5.69 Å². The van der Waals surface area contributed by atoms with Crippen molar-refractivity contribution in [3.05, 3.63) is 40.7 Å². The molecule has 190 valence electrons. The van der Waals surface area contributed by atoms with Gasteiger partial charge in [0.2, 0.25) is 0 Å².